The smallest absolute Gasteiger partial charge is 0.346 e. The molecule has 0 atom stereocenters. The number of alkyl halides is 3. The molecule has 2 bridgehead atoms. The zero-order chi connectivity index (χ0) is 18.7. The van der Waals surface area contributed by atoms with Gasteiger partial charge in [0, 0.05) is 11.0 Å². The number of halogens is 3. The topological polar surface area (TPSA) is 75.3 Å². The van der Waals surface area contributed by atoms with Gasteiger partial charge in [-0.15, -0.1) is 6.42 Å². The molecule has 0 saturated heterocycles. The summed E-state index contributed by atoms with van der Waals surface area (Å²) in [5.41, 5.74) is -2.32. The molecule has 3 saturated carbocycles. The van der Waals surface area contributed by atoms with E-state index in [-0.39, 0.29) is 16.7 Å². The summed E-state index contributed by atoms with van der Waals surface area (Å²) in [4.78, 5) is 12.5. The van der Waals surface area contributed by atoms with Gasteiger partial charge in [-0.25, -0.2) is 8.42 Å². The Morgan fingerprint density at radius 2 is 1.88 bits per heavy atom. The lowest BCUT2D eigenvalue weighted by Gasteiger charge is -2.68. The van der Waals surface area contributed by atoms with Crippen LogP contribution in [0.2, 0.25) is 0 Å². The van der Waals surface area contributed by atoms with Crippen molar-refractivity contribution in [3.63, 3.8) is 0 Å². The van der Waals surface area contributed by atoms with Crippen LogP contribution in [-0.2, 0) is 16.2 Å². The Hall–Kier alpha value is -2.21. The highest BCUT2D eigenvalue weighted by Crippen LogP contribution is 2.66. The van der Waals surface area contributed by atoms with Crippen LogP contribution in [0.25, 0.3) is 0 Å². The number of carbonyl (C=O) groups is 1. The van der Waals surface area contributed by atoms with Gasteiger partial charge in [-0.05, 0) is 37.5 Å². The number of benzene rings is 1. The standard InChI is InChI=1S/C16H15F3N2O3S/c1-3-14-7-15(8-14,9-14)20-13(22)11-6-10(16(17,18)19)4-5-12(11)21-25(2,23)24/h1,4-6,21H,7-9H2,2H3,(H,20,22). The lowest BCUT2D eigenvalue weighted by molar-refractivity contribution is -0.137. The summed E-state index contributed by atoms with van der Waals surface area (Å²) >= 11 is 0. The molecule has 3 aliphatic carbocycles. The van der Waals surface area contributed by atoms with Crippen LogP contribution in [0.3, 0.4) is 0 Å². The van der Waals surface area contributed by atoms with Crippen molar-refractivity contribution in [1.82, 2.24) is 5.32 Å². The molecule has 3 aliphatic rings. The van der Waals surface area contributed by atoms with Gasteiger partial charge in [-0.1, -0.05) is 5.92 Å². The molecule has 134 valence electrons. The van der Waals surface area contributed by atoms with Crippen molar-refractivity contribution in [3.8, 4) is 12.3 Å². The van der Waals surface area contributed by atoms with Crippen LogP contribution in [0, 0.1) is 17.8 Å². The van der Waals surface area contributed by atoms with Crippen LogP contribution < -0.4 is 10.0 Å². The fraction of sp³-hybridized carbons (Fsp3) is 0.438. The Balaban J connectivity index is 1.89. The molecule has 0 aromatic heterocycles. The summed E-state index contributed by atoms with van der Waals surface area (Å²) in [5, 5.41) is 2.70. The Morgan fingerprint density at radius 1 is 1.28 bits per heavy atom. The number of anilines is 1. The van der Waals surface area contributed by atoms with Crippen molar-refractivity contribution in [3.05, 3.63) is 29.3 Å². The van der Waals surface area contributed by atoms with Crippen molar-refractivity contribution < 1.29 is 26.4 Å². The second-order valence-electron chi connectivity index (χ2n) is 6.82. The molecule has 4 rings (SSSR count). The predicted molar refractivity (Wildman–Crippen MR) is 85.2 cm³/mol. The van der Waals surface area contributed by atoms with Crippen LogP contribution in [0.1, 0.15) is 35.2 Å². The zero-order valence-electron chi connectivity index (χ0n) is 13.2. The van der Waals surface area contributed by atoms with Gasteiger partial charge in [0.1, 0.15) is 0 Å². The summed E-state index contributed by atoms with van der Waals surface area (Å²) in [5.74, 6) is 1.90. The van der Waals surface area contributed by atoms with E-state index in [0.717, 1.165) is 18.4 Å². The van der Waals surface area contributed by atoms with Gasteiger partial charge in [-0.2, -0.15) is 13.2 Å². The summed E-state index contributed by atoms with van der Waals surface area (Å²) in [6.07, 6.45) is 3.34. The molecule has 5 nitrogen and oxygen atoms in total. The number of sulfonamides is 1. The van der Waals surface area contributed by atoms with Crippen LogP contribution in [0.4, 0.5) is 18.9 Å². The largest absolute Gasteiger partial charge is 0.416 e. The third-order valence-electron chi connectivity index (χ3n) is 4.60. The molecule has 1 amide bonds. The molecule has 0 radical (unpaired) electrons. The van der Waals surface area contributed by atoms with E-state index in [1.165, 1.54) is 0 Å². The number of amides is 1. The highest BCUT2D eigenvalue weighted by atomic mass is 32.2. The van der Waals surface area contributed by atoms with E-state index in [2.05, 4.69) is 16.0 Å². The van der Waals surface area contributed by atoms with E-state index < -0.39 is 33.2 Å². The van der Waals surface area contributed by atoms with Crippen LogP contribution >= 0.6 is 0 Å². The van der Waals surface area contributed by atoms with Gasteiger partial charge >= 0.3 is 6.18 Å². The fourth-order valence-corrected chi connectivity index (χ4v) is 4.16. The van der Waals surface area contributed by atoms with Crippen LogP contribution in [-0.4, -0.2) is 26.1 Å². The summed E-state index contributed by atoms with van der Waals surface area (Å²) in [6.45, 7) is 0. The normalized spacial score (nSPS) is 27.5. The third-order valence-corrected chi connectivity index (χ3v) is 5.19. The van der Waals surface area contributed by atoms with Gasteiger partial charge in [0.2, 0.25) is 10.0 Å². The fourth-order valence-electron chi connectivity index (χ4n) is 3.58. The van der Waals surface area contributed by atoms with E-state index in [0.29, 0.717) is 25.3 Å². The second kappa shape index (κ2) is 5.14. The van der Waals surface area contributed by atoms with Crippen molar-refractivity contribution in [1.29, 1.82) is 0 Å². The maximum atomic E-state index is 12.9. The molecule has 2 N–H and O–H groups in total. The molecule has 0 spiro atoms. The average Bonchev–Trinajstić information content (AvgIpc) is 2.38. The van der Waals surface area contributed by atoms with Crippen molar-refractivity contribution in [2.45, 2.75) is 31.0 Å². The minimum Gasteiger partial charge on any atom is -0.346 e. The van der Waals surface area contributed by atoms with Crippen molar-refractivity contribution in [2.75, 3.05) is 11.0 Å². The van der Waals surface area contributed by atoms with Crippen LogP contribution in [0.15, 0.2) is 18.2 Å². The Bertz CT molecular complexity index is 880. The van der Waals surface area contributed by atoms with E-state index in [1.807, 2.05) is 0 Å². The lowest BCUT2D eigenvalue weighted by atomic mass is 9.40. The number of rotatable bonds is 4. The maximum Gasteiger partial charge on any atom is 0.416 e. The highest BCUT2D eigenvalue weighted by molar-refractivity contribution is 7.92. The Morgan fingerprint density at radius 3 is 2.36 bits per heavy atom. The number of hydrogen-bond donors (Lipinski definition) is 2. The summed E-state index contributed by atoms with van der Waals surface area (Å²) in [6, 6.07) is 2.30. The zero-order valence-corrected chi connectivity index (χ0v) is 14.0. The maximum absolute atomic E-state index is 12.9. The number of hydrogen-bond acceptors (Lipinski definition) is 3. The van der Waals surface area contributed by atoms with E-state index in [1.54, 1.807) is 0 Å². The molecular formula is C16H15F3N2O3S. The molecule has 0 heterocycles. The first-order valence-electron chi connectivity index (χ1n) is 7.36. The van der Waals surface area contributed by atoms with Crippen LogP contribution in [0.5, 0.6) is 0 Å². The molecule has 9 heteroatoms. The quantitative estimate of drug-likeness (QED) is 0.797. The van der Waals surface area contributed by atoms with Gasteiger partial charge in [-0.3, -0.25) is 9.52 Å². The lowest BCUT2D eigenvalue weighted by Crippen LogP contribution is -2.74. The monoisotopic (exact) mass is 372 g/mol. The van der Waals surface area contributed by atoms with E-state index in [4.69, 9.17) is 6.42 Å². The van der Waals surface area contributed by atoms with Crippen molar-refractivity contribution >= 4 is 21.6 Å². The van der Waals surface area contributed by atoms with Gasteiger partial charge in [0.15, 0.2) is 0 Å². The first-order chi connectivity index (χ1) is 11.4. The summed E-state index contributed by atoms with van der Waals surface area (Å²) < 4.78 is 63.7. The van der Waals surface area contributed by atoms with Gasteiger partial charge in [0.25, 0.3) is 5.91 Å². The molecule has 0 unspecified atom stereocenters. The molecule has 1 aromatic carbocycles. The van der Waals surface area contributed by atoms with Gasteiger partial charge in [0.05, 0.1) is 23.1 Å². The minimum absolute atomic E-state index is 0.203. The molecule has 1 aromatic rings. The van der Waals surface area contributed by atoms with E-state index >= 15 is 0 Å². The highest BCUT2D eigenvalue weighted by Gasteiger charge is 2.68. The minimum atomic E-state index is -4.65. The van der Waals surface area contributed by atoms with Crippen molar-refractivity contribution in [2.24, 2.45) is 5.41 Å². The average molecular weight is 372 g/mol. The molecule has 25 heavy (non-hydrogen) atoms. The number of terminal acetylenes is 1. The third kappa shape index (κ3) is 3.18. The number of nitrogens with one attached hydrogen (secondary N) is 2. The summed E-state index contributed by atoms with van der Waals surface area (Å²) in [7, 11) is -3.76. The predicted octanol–water partition coefficient (Wildman–Crippen LogP) is 2.36. The molecular weight excluding hydrogens is 357 g/mol. The SMILES string of the molecule is C#CC12CC(NC(=O)c3cc(C(F)(F)F)ccc3NS(C)(=O)=O)(C1)C2. The second-order valence-corrected chi connectivity index (χ2v) is 8.57. The first kappa shape index (κ1) is 17.6. The molecule has 3 fully saturated rings. The molecule has 0 aliphatic heterocycles. The van der Waals surface area contributed by atoms with E-state index in [9.17, 15) is 26.4 Å². The number of carbonyl (C=O) groups excluding carboxylic acids is 1. The Kier molecular flexibility index (Phi) is 3.62. The van der Waals surface area contributed by atoms with Gasteiger partial charge < -0.3 is 5.32 Å². The first-order valence-corrected chi connectivity index (χ1v) is 9.26. The Labute approximate surface area is 143 Å².